The van der Waals surface area contributed by atoms with Gasteiger partial charge in [-0.2, -0.15) is 5.10 Å². The van der Waals surface area contributed by atoms with Crippen molar-refractivity contribution in [1.82, 2.24) is 9.99 Å². The molecule has 0 spiro atoms. The fourth-order valence-corrected chi connectivity index (χ4v) is 4.06. The lowest BCUT2D eigenvalue weighted by Crippen LogP contribution is -2.24. The van der Waals surface area contributed by atoms with Gasteiger partial charge in [-0.15, -0.1) is 0 Å². The summed E-state index contributed by atoms with van der Waals surface area (Å²) in [6, 6.07) is 15.2. The number of hydrogen-bond donors (Lipinski definition) is 0. The quantitative estimate of drug-likeness (QED) is 0.592. The Hall–Kier alpha value is -3.12. The number of rotatable bonds is 2. The van der Waals surface area contributed by atoms with Gasteiger partial charge in [0.1, 0.15) is 18.4 Å². The highest BCUT2D eigenvalue weighted by molar-refractivity contribution is 6.30. The van der Waals surface area contributed by atoms with Gasteiger partial charge in [-0.3, -0.25) is 4.79 Å². The normalized spacial score (nSPS) is 18.1. The van der Waals surface area contributed by atoms with E-state index in [4.69, 9.17) is 21.1 Å². The number of benzene rings is 2. The summed E-state index contributed by atoms with van der Waals surface area (Å²) in [5.74, 6) is 1.22. The summed E-state index contributed by atoms with van der Waals surface area (Å²) < 4.78 is 11.3. The zero-order chi connectivity index (χ0) is 20.0. The van der Waals surface area contributed by atoms with Crippen LogP contribution in [0.4, 0.5) is 0 Å². The minimum atomic E-state index is -0.305. The number of halogens is 1. The summed E-state index contributed by atoms with van der Waals surface area (Å²) in [5, 5.41) is 7.31. The van der Waals surface area contributed by atoms with Crippen LogP contribution >= 0.6 is 11.6 Å². The van der Waals surface area contributed by atoms with E-state index in [9.17, 15) is 4.79 Å². The molecule has 1 atom stereocenters. The highest BCUT2D eigenvalue weighted by Gasteiger charge is 2.33. The predicted molar refractivity (Wildman–Crippen MR) is 111 cm³/mol. The Morgan fingerprint density at radius 1 is 1.10 bits per heavy atom. The van der Waals surface area contributed by atoms with Gasteiger partial charge in [-0.05, 0) is 17.7 Å². The van der Waals surface area contributed by atoms with Crippen LogP contribution in [0.25, 0.3) is 10.9 Å². The monoisotopic (exact) mass is 407 g/mol. The summed E-state index contributed by atoms with van der Waals surface area (Å²) >= 11 is 6.56. The maximum Gasteiger partial charge on any atom is 0.240 e. The van der Waals surface area contributed by atoms with Crippen molar-refractivity contribution in [1.29, 1.82) is 0 Å². The molecule has 2 aliphatic heterocycles. The summed E-state index contributed by atoms with van der Waals surface area (Å²) in [6.07, 6.45) is 0.570. The first kappa shape index (κ1) is 17.9. The van der Waals surface area contributed by atoms with E-state index >= 15 is 0 Å². The van der Waals surface area contributed by atoms with Crippen LogP contribution in [0.5, 0.6) is 11.5 Å². The van der Waals surface area contributed by atoms with Crippen LogP contribution in [-0.2, 0) is 4.79 Å². The minimum absolute atomic E-state index is 0.140. The largest absolute Gasteiger partial charge is 0.486 e. The van der Waals surface area contributed by atoms with Gasteiger partial charge in [0.25, 0.3) is 0 Å². The van der Waals surface area contributed by atoms with Crippen molar-refractivity contribution in [3.05, 3.63) is 64.8 Å². The van der Waals surface area contributed by atoms with E-state index in [1.165, 1.54) is 11.9 Å². The van der Waals surface area contributed by atoms with E-state index in [2.05, 4.69) is 10.1 Å². The second kappa shape index (κ2) is 7.04. The van der Waals surface area contributed by atoms with Crippen molar-refractivity contribution in [2.45, 2.75) is 19.4 Å². The number of nitrogens with zero attached hydrogens (tertiary/aromatic N) is 3. The molecule has 3 aromatic rings. The zero-order valence-corrected chi connectivity index (χ0v) is 16.5. The Morgan fingerprint density at radius 3 is 2.55 bits per heavy atom. The van der Waals surface area contributed by atoms with Crippen LogP contribution in [0.1, 0.15) is 30.5 Å². The summed E-state index contributed by atoms with van der Waals surface area (Å²) in [6.45, 7) is 2.54. The summed E-state index contributed by atoms with van der Waals surface area (Å²) in [4.78, 5) is 16.9. The van der Waals surface area contributed by atoms with Crippen LogP contribution in [0.3, 0.4) is 0 Å². The third-order valence-electron chi connectivity index (χ3n) is 5.16. The van der Waals surface area contributed by atoms with Crippen molar-refractivity contribution in [3.8, 4) is 11.5 Å². The van der Waals surface area contributed by atoms with Gasteiger partial charge in [-0.1, -0.05) is 41.9 Å². The minimum Gasteiger partial charge on any atom is -0.486 e. The standard InChI is InChI=1S/C22H18ClN3O3/c1-13(27)26-19(11-18(25-26)14-5-3-2-4-6-14)16-9-15-10-20-21(29-8-7-28-20)12-17(15)24-22(16)23/h2-6,9-10,12,19H,7-8,11H2,1H3/t19-/m0/s1. The Morgan fingerprint density at radius 2 is 1.83 bits per heavy atom. The molecule has 0 radical (unpaired) electrons. The fourth-order valence-electron chi connectivity index (χ4n) is 3.79. The first-order valence-electron chi connectivity index (χ1n) is 9.42. The van der Waals surface area contributed by atoms with Crippen LogP contribution in [-0.4, -0.2) is 34.8 Å². The SMILES string of the molecule is CC(=O)N1N=C(c2ccccc2)C[C@H]1c1cc2cc3c(cc2nc1Cl)OCCO3. The number of pyridine rings is 1. The van der Waals surface area contributed by atoms with Crippen LogP contribution in [0, 0.1) is 0 Å². The number of aromatic nitrogens is 1. The predicted octanol–water partition coefficient (Wildman–Crippen LogP) is 4.36. The van der Waals surface area contributed by atoms with Gasteiger partial charge in [-0.25, -0.2) is 9.99 Å². The molecule has 0 aliphatic carbocycles. The van der Waals surface area contributed by atoms with Crippen molar-refractivity contribution in [3.63, 3.8) is 0 Å². The maximum atomic E-state index is 12.3. The number of ether oxygens (including phenoxy) is 2. The van der Waals surface area contributed by atoms with E-state index in [1.54, 1.807) is 0 Å². The third kappa shape index (κ3) is 3.19. The molecule has 0 bridgehead atoms. The molecule has 1 amide bonds. The number of hydrazone groups is 1. The van der Waals surface area contributed by atoms with Crippen LogP contribution in [0.2, 0.25) is 5.15 Å². The lowest BCUT2D eigenvalue weighted by atomic mass is 9.98. The molecule has 0 fully saturated rings. The van der Waals surface area contributed by atoms with Gasteiger partial charge < -0.3 is 9.47 Å². The summed E-state index contributed by atoms with van der Waals surface area (Å²) in [7, 11) is 0. The molecule has 2 aromatic carbocycles. The number of fused-ring (bicyclic) bond motifs is 2. The van der Waals surface area contributed by atoms with E-state index in [-0.39, 0.29) is 11.9 Å². The van der Waals surface area contributed by atoms with Gasteiger partial charge in [0.15, 0.2) is 11.5 Å². The molecule has 5 rings (SSSR count). The Labute approximate surface area is 172 Å². The first-order valence-corrected chi connectivity index (χ1v) is 9.80. The molecule has 0 saturated heterocycles. The molecule has 6 nitrogen and oxygen atoms in total. The molecule has 3 heterocycles. The van der Waals surface area contributed by atoms with Crippen LogP contribution in [0.15, 0.2) is 53.6 Å². The van der Waals surface area contributed by atoms with E-state index in [0.717, 1.165) is 27.7 Å². The van der Waals surface area contributed by atoms with Gasteiger partial charge in [0, 0.05) is 30.4 Å². The number of hydrogen-bond acceptors (Lipinski definition) is 5. The molecule has 146 valence electrons. The topological polar surface area (TPSA) is 64.0 Å². The zero-order valence-electron chi connectivity index (χ0n) is 15.8. The maximum absolute atomic E-state index is 12.3. The molecular formula is C22H18ClN3O3. The van der Waals surface area contributed by atoms with E-state index < -0.39 is 0 Å². The van der Waals surface area contributed by atoms with Crippen molar-refractivity contribution in [2.24, 2.45) is 5.10 Å². The van der Waals surface area contributed by atoms with Crippen molar-refractivity contribution in [2.75, 3.05) is 13.2 Å². The second-order valence-electron chi connectivity index (χ2n) is 7.05. The summed E-state index contributed by atoms with van der Waals surface area (Å²) in [5.41, 5.74) is 3.33. The molecule has 1 aromatic heterocycles. The number of carbonyl (C=O) groups excluding carboxylic acids is 1. The van der Waals surface area contributed by atoms with Gasteiger partial charge in [0.2, 0.25) is 5.91 Å². The molecular weight excluding hydrogens is 390 g/mol. The molecule has 7 heteroatoms. The Balaban J connectivity index is 1.57. The smallest absolute Gasteiger partial charge is 0.240 e. The lowest BCUT2D eigenvalue weighted by molar-refractivity contribution is -0.130. The first-order chi connectivity index (χ1) is 14.1. The molecule has 0 unspecified atom stereocenters. The highest BCUT2D eigenvalue weighted by atomic mass is 35.5. The highest BCUT2D eigenvalue weighted by Crippen LogP contribution is 2.40. The average Bonchev–Trinajstić information content (AvgIpc) is 3.18. The second-order valence-corrected chi connectivity index (χ2v) is 7.41. The van der Waals surface area contributed by atoms with Gasteiger partial charge >= 0.3 is 0 Å². The lowest BCUT2D eigenvalue weighted by Gasteiger charge is -2.22. The molecule has 2 aliphatic rings. The third-order valence-corrected chi connectivity index (χ3v) is 5.46. The van der Waals surface area contributed by atoms with E-state index in [0.29, 0.717) is 36.3 Å². The van der Waals surface area contributed by atoms with Crippen LogP contribution < -0.4 is 9.47 Å². The number of amides is 1. The number of carbonyl (C=O) groups is 1. The average molecular weight is 408 g/mol. The molecule has 29 heavy (non-hydrogen) atoms. The van der Waals surface area contributed by atoms with Crippen molar-refractivity contribution < 1.29 is 14.3 Å². The Kier molecular flexibility index (Phi) is 4.36. The molecule has 0 N–H and O–H groups in total. The Bertz CT molecular complexity index is 1150. The fraction of sp³-hybridized carbons (Fsp3) is 0.227. The van der Waals surface area contributed by atoms with Gasteiger partial charge in [0.05, 0.1) is 17.3 Å². The molecule has 0 saturated carbocycles. The van der Waals surface area contributed by atoms with E-state index in [1.807, 2.05) is 48.5 Å². The van der Waals surface area contributed by atoms with Crippen molar-refractivity contribution >= 4 is 34.1 Å².